The van der Waals surface area contributed by atoms with Crippen molar-refractivity contribution >= 4 is 17.2 Å². The highest BCUT2D eigenvalue weighted by atomic mass is 16.1. The van der Waals surface area contributed by atoms with Crippen LogP contribution in [-0.4, -0.2) is 34.6 Å². The number of benzene rings is 2. The molecule has 0 fully saturated rings. The molecule has 0 unspecified atom stereocenters. The summed E-state index contributed by atoms with van der Waals surface area (Å²) in [4.78, 5) is 22.2. The molecule has 40 heavy (non-hydrogen) atoms. The standard InChI is InChI=1S/C32H31N7O/c1-21-8-9-26(18-29(21)38-13-14-39-30(38)19-28(36-39)23-7-6-10-33-20-23)35-31(40)24-15-25(32(3,4)5)17-27(16-24)37-12-11-34-22(37)2/h6-20H,1-5H3,(H,35,40). The van der Waals surface area contributed by atoms with Gasteiger partial charge in [0, 0.05) is 65.7 Å². The summed E-state index contributed by atoms with van der Waals surface area (Å²) >= 11 is 0. The molecule has 0 aliphatic carbocycles. The first-order valence-electron chi connectivity index (χ1n) is 13.2. The minimum atomic E-state index is -0.166. The summed E-state index contributed by atoms with van der Waals surface area (Å²) < 4.78 is 5.93. The number of aromatic nitrogens is 6. The minimum Gasteiger partial charge on any atom is -0.322 e. The van der Waals surface area contributed by atoms with Gasteiger partial charge >= 0.3 is 0 Å². The highest BCUT2D eigenvalue weighted by Gasteiger charge is 2.19. The van der Waals surface area contributed by atoms with Gasteiger partial charge in [-0.05, 0) is 72.9 Å². The lowest BCUT2D eigenvalue weighted by Crippen LogP contribution is -2.17. The van der Waals surface area contributed by atoms with Crippen molar-refractivity contribution < 1.29 is 4.79 Å². The van der Waals surface area contributed by atoms with Crippen molar-refractivity contribution in [2.24, 2.45) is 0 Å². The van der Waals surface area contributed by atoms with Crippen molar-refractivity contribution in [3.05, 3.63) is 114 Å². The molecule has 0 atom stereocenters. The molecule has 4 heterocycles. The number of rotatable bonds is 5. The van der Waals surface area contributed by atoms with E-state index in [1.807, 2.05) is 89.3 Å². The van der Waals surface area contributed by atoms with Gasteiger partial charge in [-0.25, -0.2) is 9.50 Å². The van der Waals surface area contributed by atoms with Crippen LogP contribution in [-0.2, 0) is 5.41 Å². The topological polar surface area (TPSA) is 82.0 Å². The molecule has 8 nitrogen and oxygen atoms in total. The van der Waals surface area contributed by atoms with E-state index in [9.17, 15) is 4.79 Å². The Morgan fingerprint density at radius 1 is 0.900 bits per heavy atom. The summed E-state index contributed by atoms with van der Waals surface area (Å²) in [5.74, 6) is 0.700. The molecule has 0 saturated carbocycles. The Morgan fingerprint density at radius 2 is 1.75 bits per heavy atom. The smallest absolute Gasteiger partial charge is 0.255 e. The first kappa shape index (κ1) is 25.3. The number of nitrogens with zero attached hydrogens (tertiary/aromatic N) is 6. The summed E-state index contributed by atoms with van der Waals surface area (Å²) in [6, 6.07) is 17.9. The number of nitrogens with one attached hydrogen (secondary N) is 1. The van der Waals surface area contributed by atoms with Crippen LogP contribution in [0.15, 0.2) is 91.8 Å². The van der Waals surface area contributed by atoms with Gasteiger partial charge in [0.1, 0.15) is 11.5 Å². The van der Waals surface area contributed by atoms with E-state index in [1.165, 1.54) is 0 Å². The van der Waals surface area contributed by atoms with Crippen molar-refractivity contribution in [2.45, 2.75) is 40.0 Å². The highest BCUT2D eigenvalue weighted by molar-refractivity contribution is 6.05. The Bertz CT molecular complexity index is 1850. The third-order valence-electron chi connectivity index (χ3n) is 7.15. The van der Waals surface area contributed by atoms with Gasteiger partial charge in [-0.15, -0.1) is 0 Å². The maximum atomic E-state index is 13.6. The van der Waals surface area contributed by atoms with Gasteiger partial charge in [-0.2, -0.15) is 5.10 Å². The molecule has 4 aromatic heterocycles. The van der Waals surface area contributed by atoms with Gasteiger partial charge in [0.15, 0.2) is 0 Å². The van der Waals surface area contributed by atoms with E-state index in [-0.39, 0.29) is 11.3 Å². The summed E-state index contributed by atoms with van der Waals surface area (Å²) in [5.41, 5.74) is 7.94. The number of carbonyl (C=O) groups is 1. The van der Waals surface area contributed by atoms with E-state index in [4.69, 9.17) is 5.10 Å². The molecule has 6 aromatic rings. The van der Waals surface area contributed by atoms with Crippen LogP contribution in [0.3, 0.4) is 0 Å². The van der Waals surface area contributed by atoms with Gasteiger partial charge < -0.3 is 9.88 Å². The molecular formula is C32H31N7O. The quantitative estimate of drug-likeness (QED) is 0.275. The van der Waals surface area contributed by atoms with Crippen LogP contribution in [0, 0.1) is 13.8 Å². The van der Waals surface area contributed by atoms with Gasteiger partial charge in [-0.3, -0.25) is 14.3 Å². The maximum absolute atomic E-state index is 13.6. The highest BCUT2D eigenvalue weighted by Crippen LogP contribution is 2.28. The molecule has 0 bridgehead atoms. The third kappa shape index (κ3) is 4.68. The van der Waals surface area contributed by atoms with Gasteiger partial charge in [-0.1, -0.05) is 26.8 Å². The molecule has 0 spiro atoms. The Hall–Kier alpha value is -4.98. The SMILES string of the molecule is Cc1ccc(NC(=O)c2cc(-n3ccnc3C)cc(C(C)(C)C)c2)cc1-n1ccn2nc(-c3cccnc3)cc12. The second kappa shape index (κ2) is 9.64. The zero-order valence-corrected chi connectivity index (χ0v) is 23.3. The number of imidazole rings is 2. The number of amides is 1. The summed E-state index contributed by atoms with van der Waals surface area (Å²) in [7, 11) is 0. The first-order chi connectivity index (χ1) is 19.2. The Morgan fingerprint density at radius 3 is 2.48 bits per heavy atom. The molecule has 6 rings (SSSR count). The van der Waals surface area contributed by atoms with Crippen LogP contribution in [0.4, 0.5) is 5.69 Å². The maximum Gasteiger partial charge on any atom is 0.255 e. The molecule has 1 N–H and O–H groups in total. The number of carbonyl (C=O) groups excluding carboxylic acids is 1. The lowest BCUT2D eigenvalue weighted by molar-refractivity contribution is 0.102. The van der Waals surface area contributed by atoms with Crippen LogP contribution in [0.1, 0.15) is 48.1 Å². The van der Waals surface area contributed by atoms with Crippen LogP contribution in [0.5, 0.6) is 0 Å². The molecule has 1 amide bonds. The van der Waals surface area contributed by atoms with Crippen LogP contribution < -0.4 is 5.32 Å². The second-order valence-electron chi connectivity index (χ2n) is 11.1. The molecule has 0 radical (unpaired) electrons. The zero-order valence-electron chi connectivity index (χ0n) is 23.3. The minimum absolute atomic E-state index is 0.129. The van der Waals surface area contributed by atoms with E-state index in [0.717, 1.165) is 45.2 Å². The van der Waals surface area contributed by atoms with E-state index >= 15 is 0 Å². The molecular weight excluding hydrogens is 498 g/mol. The van der Waals surface area contributed by atoms with Crippen molar-refractivity contribution in [3.63, 3.8) is 0 Å². The Balaban J connectivity index is 1.34. The number of aryl methyl sites for hydroxylation is 2. The number of hydrogen-bond acceptors (Lipinski definition) is 4. The molecule has 200 valence electrons. The lowest BCUT2D eigenvalue weighted by Gasteiger charge is -2.22. The fourth-order valence-corrected chi connectivity index (χ4v) is 4.85. The molecule has 0 aliphatic heterocycles. The van der Waals surface area contributed by atoms with Crippen LogP contribution >= 0.6 is 0 Å². The summed E-state index contributed by atoms with van der Waals surface area (Å²) in [6.45, 7) is 10.5. The second-order valence-corrected chi connectivity index (χ2v) is 11.1. The normalized spacial score (nSPS) is 11.7. The predicted octanol–water partition coefficient (Wildman–Crippen LogP) is 6.54. The van der Waals surface area contributed by atoms with E-state index in [2.05, 4.69) is 53.6 Å². The summed E-state index contributed by atoms with van der Waals surface area (Å²) in [5, 5.41) is 7.84. The Kier molecular flexibility index (Phi) is 6.10. The third-order valence-corrected chi connectivity index (χ3v) is 7.15. The van der Waals surface area contributed by atoms with E-state index < -0.39 is 0 Å². The monoisotopic (exact) mass is 529 g/mol. The fraction of sp³-hybridized carbons (Fsp3) is 0.188. The predicted molar refractivity (Wildman–Crippen MR) is 157 cm³/mol. The number of hydrogen-bond donors (Lipinski definition) is 1. The lowest BCUT2D eigenvalue weighted by atomic mass is 9.85. The van der Waals surface area contributed by atoms with Crippen molar-refractivity contribution in [1.29, 1.82) is 0 Å². The van der Waals surface area contributed by atoms with Crippen LogP contribution in [0.25, 0.3) is 28.3 Å². The number of pyridine rings is 1. The van der Waals surface area contributed by atoms with E-state index in [1.54, 1.807) is 12.4 Å². The van der Waals surface area contributed by atoms with Gasteiger partial charge in [0.05, 0.1) is 11.4 Å². The molecule has 8 heteroatoms. The Labute approximate surface area is 233 Å². The molecule has 0 saturated heterocycles. The average Bonchev–Trinajstić information content (AvgIpc) is 3.66. The zero-order chi connectivity index (χ0) is 28.0. The average molecular weight is 530 g/mol. The van der Waals surface area contributed by atoms with Gasteiger partial charge in [0.25, 0.3) is 5.91 Å². The first-order valence-corrected chi connectivity index (χ1v) is 13.2. The van der Waals surface area contributed by atoms with Crippen molar-refractivity contribution in [1.82, 2.24) is 28.7 Å². The molecule has 0 aliphatic rings. The van der Waals surface area contributed by atoms with Gasteiger partial charge in [0.2, 0.25) is 0 Å². The number of anilines is 1. The fourth-order valence-electron chi connectivity index (χ4n) is 4.85. The van der Waals surface area contributed by atoms with Crippen molar-refractivity contribution in [2.75, 3.05) is 5.32 Å². The van der Waals surface area contributed by atoms with Crippen LogP contribution in [0.2, 0.25) is 0 Å². The summed E-state index contributed by atoms with van der Waals surface area (Å²) in [6.07, 6.45) is 11.2. The number of fused-ring (bicyclic) bond motifs is 1. The largest absolute Gasteiger partial charge is 0.322 e. The molecule has 2 aromatic carbocycles. The van der Waals surface area contributed by atoms with E-state index in [0.29, 0.717) is 11.3 Å². The van der Waals surface area contributed by atoms with Crippen molar-refractivity contribution in [3.8, 4) is 22.6 Å².